The van der Waals surface area contributed by atoms with Crippen LogP contribution in [0.5, 0.6) is 0 Å². The van der Waals surface area contributed by atoms with Crippen LogP contribution >= 0.6 is 11.3 Å². The summed E-state index contributed by atoms with van der Waals surface area (Å²) in [6.45, 7) is 2.24. The summed E-state index contributed by atoms with van der Waals surface area (Å²) in [6.07, 6.45) is 2.95. The van der Waals surface area contributed by atoms with E-state index in [0.717, 1.165) is 21.5 Å². The minimum Gasteiger partial charge on any atom is -0.302 e. The number of unbranched alkanes of at least 4 members (excludes halogenated alkanes) is 2. The highest BCUT2D eigenvalue weighted by Crippen LogP contribution is 2.31. The number of aromatic nitrogens is 1. The lowest BCUT2D eigenvalue weighted by atomic mass is 10.1. The predicted molar refractivity (Wildman–Crippen MR) is 125 cm³/mol. The Morgan fingerprint density at radius 1 is 1.15 bits per heavy atom. The van der Waals surface area contributed by atoms with E-state index in [4.69, 9.17) is 0 Å². The van der Waals surface area contributed by atoms with Gasteiger partial charge in [-0.1, -0.05) is 36.8 Å². The molecule has 1 aromatic heterocycles. The van der Waals surface area contributed by atoms with Crippen molar-refractivity contribution in [2.45, 2.75) is 39.0 Å². The number of hydrogen-bond donors (Lipinski definition) is 1. The van der Waals surface area contributed by atoms with Crippen LogP contribution in [-0.4, -0.2) is 39.1 Å². The van der Waals surface area contributed by atoms with Crippen LogP contribution in [0.1, 0.15) is 58.9 Å². The number of amides is 3. The number of fused-ring (bicyclic) bond motifs is 2. The number of nitrogens with zero attached hydrogens (tertiary/aromatic N) is 3. The second-order valence-electron chi connectivity index (χ2n) is 7.75. The number of hydrogen-bond acceptors (Lipinski definition) is 7. The summed E-state index contributed by atoms with van der Waals surface area (Å²) in [7, 11) is 0. The van der Waals surface area contributed by atoms with Crippen LogP contribution in [0.25, 0.3) is 10.2 Å². The van der Waals surface area contributed by atoms with Crippen LogP contribution in [0.3, 0.4) is 0 Å². The Kier molecular flexibility index (Phi) is 6.45. The lowest BCUT2D eigenvalue weighted by molar-refractivity contribution is -0.385. The van der Waals surface area contributed by atoms with Crippen LogP contribution < -0.4 is 5.32 Å². The number of anilines is 1. The fourth-order valence-corrected chi connectivity index (χ4v) is 4.77. The van der Waals surface area contributed by atoms with E-state index in [1.807, 2.05) is 12.1 Å². The fourth-order valence-electron chi connectivity index (χ4n) is 3.83. The van der Waals surface area contributed by atoms with Gasteiger partial charge in [0.05, 0.1) is 20.7 Å². The van der Waals surface area contributed by atoms with Crippen molar-refractivity contribution < 1.29 is 19.3 Å². The average molecular weight is 467 g/mol. The quantitative estimate of drug-likeness (QED) is 0.213. The monoisotopic (exact) mass is 466 g/mol. The molecule has 0 saturated heterocycles. The van der Waals surface area contributed by atoms with Crippen LogP contribution in [0.15, 0.2) is 36.4 Å². The highest BCUT2D eigenvalue weighted by molar-refractivity contribution is 7.22. The standard InChI is InChI=1S/C23H22N4O5S/c1-2-14-10-11-16-18(13-14)33-23(24-16)25-19(28)9-4-3-5-12-26-21(29)15-7-6-8-17(27(31)32)20(15)22(26)30/h6-8,10-11,13H,2-5,9,12H2,1H3,(H,24,25,28). The SMILES string of the molecule is CCc1ccc2nc(NC(=O)CCCCCN3C(=O)c4cccc([N+](=O)[O-])c4C3=O)sc2c1. The van der Waals surface area contributed by atoms with Crippen LogP contribution in [-0.2, 0) is 11.2 Å². The van der Waals surface area contributed by atoms with Crippen molar-refractivity contribution >= 4 is 50.1 Å². The van der Waals surface area contributed by atoms with Gasteiger partial charge in [0.15, 0.2) is 5.13 Å². The molecule has 33 heavy (non-hydrogen) atoms. The molecule has 9 nitrogen and oxygen atoms in total. The molecule has 2 heterocycles. The zero-order valence-corrected chi connectivity index (χ0v) is 18.8. The number of nitrogens with one attached hydrogen (secondary N) is 1. The van der Waals surface area contributed by atoms with E-state index in [-0.39, 0.29) is 29.3 Å². The molecular weight excluding hydrogens is 444 g/mol. The largest absolute Gasteiger partial charge is 0.302 e. The highest BCUT2D eigenvalue weighted by Gasteiger charge is 2.40. The summed E-state index contributed by atoms with van der Waals surface area (Å²) in [6, 6.07) is 10.1. The van der Waals surface area contributed by atoms with Crippen LogP contribution in [0.2, 0.25) is 0 Å². The van der Waals surface area contributed by atoms with Gasteiger partial charge in [0.1, 0.15) is 5.56 Å². The Morgan fingerprint density at radius 2 is 1.97 bits per heavy atom. The Morgan fingerprint density at radius 3 is 2.73 bits per heavy atom. The number of aryl methyl sites for hydroxylation is 1. The molecule has 0 radical (unpaired) electrons. The normalized spacial score (nSPS) is 12.9. The molecule has 10 heteroatoms. The highest BCUT2D eigenvalue weighted by atomic mass is 32.1. The van der Waals surface area contributed by atoms with Gasteiger partial charge >= 0.3 is 0 Å². The number of carbonyl (C=O) groups is 3. The van der Waals surface area contributed by atoms with Gasteiger partial charge in [-0.05, 0) is 43.0 Å². The van der Waals surface area contributed by atoms with Gasteiger partial charge in [0.25, 0.3) is 17.5 Å². The minimum absolute atomic E-state index is 0.0652. The van der Waals surface area contributed by atoms with Crippen molar-refractivity contribution in [1.82, 2.24) is 9.88 Å². The van der Waals surface area contributed by atoms with Gasteiger partial charge in [0.2, 0.25) is 5.91 Å². The minimum atomic E-state index is -0.652. The third kappa shape index (κ3) is 4.61. The first-order chi connectivity index (χ1) is 15.9. The Labute approximate surface area is 193 Å². The van der Waals surface area contributed by atoms with Crippen molar-refractivity contribution in [3.05, 3.63) is 63.2 Å². The van der Waals surface area contributed by atoms with Crippen molar-refractivity contribution in [2.75, 3.05) is 11.9 Å². The molecule has 0 atom stereocenters. The van der Waals surface area contributed by atoms with E-state index >= 15 is 0 Å². The van der Waals surface area contributed by atoms with Crippen molar-refractivity contribution in [3.63, 3.8) is 0 Å². The number of carbonyl (C=O) groups excluding carboxylic acids is 3. The summed E-state index contributed by atoms with van der Waals surface area (Å²) in [5.41, 5.74) is 1.64. The molecule has 1 aliphatic rings. The third-order valence-corrected chi connectivity index (χ3v) is 6.50. The van der Waals surface area contributed by atoms with E-state index in [9.17, 15) is 24.5 Å². The van der Waals surface area contributed by atoms with Gasteiger partial charge < -0.3 is 5.32 Å². The summed E-state index contributed by atoms with van der Waals surface area (Å²) in [4.78, 5) is 53.3. The number of thiazole rings is 1. The van der Waals surface area contributed by atoms with E-state index in [1.165, 1.54) is 35.1 Å². The zero-order chi connectivity index (χ0) is 23.5. The Balaban J connectivity index is 1.25. The maximum atomic E-state index is 12.6. The number of rotatable bonds is 9. The van der Waals surface area contributed by atoms with Gasteiger partial charge in [-0.15, -0.1) is 0 Å². The molecule has 0 unspecified atom stereocenters. The molecule has 0 spiro atoms. The maximum Gasteiger partial charge on any atom is 0.282 e. The van der Waals surface area contributed by atoms with Crippen LogP contribution in [0, 0.1) is 10.1 Å². The first-order valence-electron chi connectivity index (χ1n) is 10.7. The molecule has 0 bridgehead atoms. The van der Waals surface area contributed by atoms with Gasteiger partial charge in [-0.3, -0.25) is 29.4 Å². The predicted octanol–water partition coefficient (Wildman–Crippen LogP) is 4.56. The Hall–Kier alpha value is -3.66. The average Bonchev–Trinajstić information content (AvgIpc) is 3.31. The van der Waals surface area contributed by atoms with E-state index in [0.29, 0.717) is 30.8 Å². The molecule has 170 valence electrons. The third-order valence-electron chi connectivity index (χ3n) is 5.57. The lowest BCUT2D eigenvalue weighted by Gasteiger charge is -2.13. The smallest absolute Gasteiger partial charge is 0.282 e. The first kappa shape index (κ1) is 22.5. The molecular formula is C23H22N4O5S. The van der Waals surface area contributed by atoms with E-state index in [2.05, 4.69) is 23.3 Å². The van der Waals surface area contributed by atoms with E-state index in [1.54, 1.807) is 0 Å². The fraction of sp³-hybridized carbons (Fsp3) is 0.304. The van der Waals surface area contributed by atoms with Crippen molar-refractivity contribution in [2.24, 2.45) is 0 Å². The summed E-state index contributed by atoms with van der Waals surface area (Å²) < 4.78 is 1.03. The molecule has 3 aromatic rings. The summed E-state index contributed by atoms with van der Waals surface area (Å²) in [5, 5.41) is 14.6. The maximum absolute atomic E-state index is 12.6. The molecule has 0 aliphatic carbocycles. The molecule has 2 aromatic carbocycles. The van der Waals surface area contributed by atoms with Gasteiger partial charge in [-0.25, -0.2) is 4.98 Å². The first-order valence-corrected chi connectivity index (χ1v) is 11.5. The Bertz CT molecular complexity index is 1270. The summed E-state index contributed by atoms with van der Waals surface area (Å²) >= 11 is 1.44. The van der Waals surface area contributed by atoms with E-state index < -0.39 is 16.7 Å². The molecule has 0 saturated carbocycles. The topological polar surface area (TPSA) is 123 Å². The molecule has 1 N–H and O–H groups in total. The second-order valence-corrected chi connectivity index (χ2v) is 8.78. The van der Waals surface area contributed by atoms with Crippen molar-refractivity contribution in [1.29, 1.82) is 0 Å². The van der Waals surface area contributed by atoms with Gasteiger partial charge in [0, 0.05) is 19.0 Å². The number of imide groups is 1. The molecule has 3 amide bonds. The summed E-state index contributed by atoms with van der Waals surface area (Å²) in [5.74, 6) is -1.29. The number of benzene rings is 2. The lowest BCUT2D eigenvalue weighted by Crippen LogP contribution is -2.30. The molecule has 0 fully saturated rings. The zero-order valence-electron chi connectivity index (χ0n) is 18.0. The number of nitro groups is 1. The van der Waals surface area contributed by atoms with Gasteiger partial charge in [-0.2, -0.15) is 0 Å². The van der Waals surface area contributed by atoms with Crippen molar-refractivity contribution in [3.8, 4) is 0 Å². The number of nitro benzene ring substituents is 1. The molecule has 4 rings (SSSR count). The second kappa shape index (κ2) is 9.45. The van der Waals surface area contributed by atoms with Crippen LogP contribution in [0.4, 0.5) is 10.8 Å². The molecule has 1 aliphatic heterocycles.